The molecule has 0 amide bonds. The molecule has 2 unspecified atom stereocenters. The number of rotatable bonds is 14. The van der Waals surface area contributed by atoms with Crippen molar-refractivity contribution in [2.24, 2.45) is 11.8 Å². The maximum atomic E-state index is 10.5. The third-order valence-electron chi connectivity index (χ3n) is 4.46. The van der Waals surface area contributed by atoms with Crippen LogP contribution >= 0.6 is 0 Å². The third-order valence-corrected chi connectivity index (χ3v) is 4.46. The van der Waals surface area contributed by atoms with Crippen molar-refractivity contribution in [3.8, 4) is 0 Å². The van der Waals surface area contributed by atoms with Crippen molar-refractivity contribution in [3.05, 3.63) is 0 Å². The van der Waals surface area contributed by atoms with Crippen molar-refractivity contribution in [2.75, 3.05) is 0 Å². The summed E-state index contributed by atoms with van der Waals surface area (Å²) in [5.41, 5.74) is 0. The molecule has 0 heterocycles. The van der Waals surface area contributed by atoms with Crippen LogP contribution in [-0.4, -0.2) is 39.2 Å². The van der Waals surface area contributed by atoms with Crippen LogP contribution in [0.15, 0.2) is 0 Å². The molecule has 0 rings (SSSR count). The van der Waals surface area contributed by atoms with E-state index in [2.05, 4.69) is 13.8 Å². The predicted octanol–water partition coefficient (Wildman–Crippen LogP) is 3.09. The van der Waals surface area contributed by atoms with Gasteiger partial charge in [-0.2, -0.15) is 0 Å². The molecular formula is C20H38O4Pb. The van der Waals surface area contributed by atoms with Crippen LogP contribution in [0.3, 0.4) is 0 Å². The van der Waals surface area contributed by atoms with Crippen LogP contribution in [0.25, 0.3) is 0 Å². The quantitative estimate of drug-likeness (QED) is 0.246. The number of carboxylic acids is 2. The summed E-state index contributed by atoms with van der Waals surface area (Å²) in [5, 5.41) is 21.0. The van der Waals surface area contributed by atoms with Crippen molar-refractivity contribution >= 4 is 39.2 Å². The van der Waals surface area contributed by atoms with Gasteiger partial charge in [-0.1, -0.05) is 79.1 Å². The molecule has 0 aliphatic rings. The zero-order valence-electron chi connectivity index (χ0n) is 16.8. The third kappa shape index (κ3) is 20.0. The van der Waals surface area contributed by atoms with Crippen molar-refractivity contribution in [1.29, 1.82) is 0 Å². The van der Waals surface area contributed by atoms with E-state index in [0.717, 1.165) is 38.5 Å². The molecule has 0 N–H and O–H groups in total. The Hall–Kier alpha value is -0.138. The molecule has 146 valence electrons. The second kappa shape index (κ2) is 21.9. The number of carboxylic acid groups (broad SMARTS) is 2. The SMILES string of the molecule is CCCCCCC(CC)C(=O)[O-].CCCCCCC(CC)C(=O)[O-].[Pb+2]. The first-order valence-corrected chi connectivity index (χ1v) is 9.86. The Balaban J connectivity index is -0.000000372. The summed E-state index contributed by atoms with van der Waals surface area (Å²) < 4.78 is 0. The first-order chi connectivity index (χ1) is 11.4. The molecule has 0 aromatic heterocycles. The van der Waals surface area contributed by atoms with Crippen molar-refractivity contribution < 1.29 is 19.8 Å². The van der Waals surface area contributed by atoms with Crippen molar-refractivity contribution in [2.45, 2.75) is 105 Å². The Morgan fingerprint density at radius 3 is 1.16 bits per heavy atom. The summed E-state index contributed by atoms with van der Waals surface area (Å²) in [4.78, 5) is 21.0. The Kier molecular flexibility index (Phi) is 26.0. The van der Waals surface area contributed by atoms with Crippen LogP contribution in [0.5, 0.6) is 0 Å². The summed E-state index contributed by atoms with van der Waals surface area (Å²) in [7, 11) is 0. The minimum absolute atomic E-state index is 0. The molecule has 0 bridgehead atoms. The second-order valence-electron chi connectivity index (χ2n) is 6.55. The van der Waals surface area contributed by atoms with Gasteiger partial charge < -0.3 is 19.8 Å². The van der Waals surface area contributed by atoms with E-state index in [0.29, 0.717) is 12.8 Å². The van der Waals surface area contributed by atoms with Crippen LogP contribution in [0.1, 0.15) is 105 Å². The van der Waals surface area contributed by atoms with E-state index in [1.165, 1.54) is 25.7 Å². The number of hydrogen-bond donors (Lipinski definition) is 0. The minimum atomic E-state index is -0.881. The van der Waals surface area contributed by atoms with Gasteiger partial charge in [0.1, 0.15) is 0 Å². The molecule has 0 saturated heterocycles. The summed E-state index contributed by atoms with van der Waals surface area (Å²) in [5.74, 6) is -2.20. The van der Waals surface area contributed by atoms with Gasteiger partial charge in [-0.3, -0.25) is 0 Å². The number of unbranched alkanes of at least 4 members (excludes halogenated alkanes) is 6. The fourth-order valence-corrected chi connectivity index (χ4v) is 2.61. The van der Waals surface area contributed by atoms with Crippen LogP contribution in [0, 0.1) is 11.8 Å². The topological polar surface area (TPSA) is 80.3 Å². The van der Waals surface area contributed by atoms with Crippen LogP contribution < -0.4 is 10.2 Å². The van der Waals surface area contributed by atoms with Gasteiger partial charge in [0, 0.05) is 11.9 Å². The molecule has 2 radical (unpaired) electrons. The van der Waals surface area contributed by atoms with Gasteiger partial charge in [0.25, 0.3) is 0 Å². The molecule has 0 aromatic carbocycles. The maximum absolute atomic E-state index is 10.5. The molecule has 5 heteroatoms. The Morgan fingerprint density at radius 1 is 0.640 bits per heavy atom. The standard InChI is InChI=1S/2C10H20O2.Pb/c2*1-3-5-6-7-8-9(4-2)10(11)12;/h2*9H,3-8H2,1-2H3,(H,11,12);/q;;+2/p-2. The van der Waals surface area contributed by atoms with E-state index in [1.807, 2.05) is 13.8 Å². The molecule has 0 aromatic rings. The number of hydrogen-bond acceptors (Lipinski definition) is 4. The maximum Gasteiger partial charge on any atom is 2.00 e. The van der Waals surface area contributed by atoms with Crippen molar-refractivity contribution in [1.82, 2.24) is 0 Å². The molecule has 0 aliphatic carbocycles. The number of carbonyl (C=O) groups excluding carboxylic acids is 2. The molecule has 25 heavy (non-hydrogen) atoms. The summed E-state index contributed by atoms with van der Waals surface area (Å²) in [6.07, 6.45) is 12.2. The first-order valence-electron chi connectivity index (χ1n) is 9.86. The average Bonchev–Trinajstić information content (AvgIpc) is 2.55. The zero-order valence-corrected chi connectivity index (χ0v) is 20.7. The molecule has 0 saturated carbocycles. The second-order valence-corrected chi connectivity index (χ2v) is 6.55. The van der Waals surface area contributed by atoms with E-state index >= 15 is 0 Å². The van der Waals surface area contributed by atoms with Gasteiger partial charge in [-0.05, 0) is 37.5 Å². The first kappa shape index (κ1) is 29.6. The molecular weight excluding hydrogens is 511 g/mol. The van der Waals surface area contributed by atoms with E-state index in [1.54, 1.807) is 0 Å². The fourth-order valence-electron chi connectivity index (χ4n) is 2.61. The zero-order chi connectivity index (χ0) is 18.8. The monoisotopic (exact) mass is 550 g/mol. The van der Waals surface area contributed by atoms with Gasteiger partial charge in [-0.25, -0.2) is 0 Å². The minimum Gasteiger partial charge on any atom is -0.550 e. The van der Waals surface area contributed by atoms with Gasteiger partial charge in [0.2, 0.25) is 0 Å². The smallest absolute Gasteiger partial charge is 0.550 e. The van der Waals surface area contributed by atoms with Gasteiger partial charge in [0.15, 0.2) is 0 Å². The Labute approximate surface area is 175 Å². The van der Waals surface area contributed by atoms with Gasteiger partial charge in [-0.15, -0.1) is 0 Å². The molecule has 0 fully saturated rings. The van der Waals surface area contributed by atoms with Crippen LogP contribution in [-0.2, 0) is 9.59 Å². The van der Waals surface area contributed by atoms with E-state index in [9.17, 15) is 19.8 Å². The molecule has 4 nitrogen and oxygen atoms in total. The summed E-state index contributed by atoms with van der Waals surface area (Å²) in [6.45, 7) is 8.10. The largest absolute Gasteiger partial charge is 2.00 e. The van der Waals surface area contributed by atoms with E-state index in [4.69, 9.17) is 0 Å². The Bertz CT molecular complexity index is 278. The summed E-state index contributed by atoms with van der Waals surface area (Å²) >= 11 is 0. The molecule has 0 spiro atoms. The van der Waals surface area contributed by atoms with Crippen LogP contribution in [0.2, 0.25) is 0 Å². The van der Waals surface area contributed by atoms with Crippen LogP contribution in [0.4, 0.5) is 0 Å². The number of aliphatic carboxylic acids is 2. The van der Waals surface area contributed by atoms with E-state index < -0.39 is 11.9 Å². The van der Waals surface area contributed by atoms with E-state index in [-0.39, 0.29) is 39.1 Å². The fraction of sp³-hybridized carbons (Fsp3) is 0.900. The average molecular weight is 550 g/mol. The van der Waals surface area contributed by atoms with Gasteiger partial charge in [0.05, 0.1) is 0 Å². The normalized spacial score (nSPS) is 12.3. The van der Waals surface area contributed by atoms with Gasteiger partial charge >= 0.3 is 27.3 Å². The predicted molar refractivity (Wildman–Crippen MR) is 101 cm³/mol. The molecule has 0 aliphatic heterocycles. The van der Waals surface area contributed by atoms with Crippen molar-refractivity contribution in [3.63, 3.8) is 0 Å². The summed E-state index contributed by atoms with van der Waals surface area (Å²) in [6, 6.07) is 0. The number of carbonyl (C=O) groups is 2. The Morgan fingerprint density at radius 2 is 0.960 bits per heavy atom. The molecule has 2 atom stereocenters.